The zero-order valence-corrected chi connectivity index (χ0v) is 10.6. The second-order valence-electron chi connectivity index (χ2n) is 4.31. The second-order valence-corrected chi connectivity index (χ2v) is 5.23. The topological polar surface area (TPSA) is 0 Å². The highest BCUT2D eigenvalue weighted by Gasteiger charge is 2.13. The van der Waals surface area contributed by atoms with Gasteiger partial charge in [0.15, 0.2) is 0 Å². The molecule has 3 rings (SSSR count). The maximum absolute atomic E-state index is 3.56. The second kappa shape index (κ2) is 4.06. The van der Waals surface area contributed by atoms with Gasteiger partial charge < -0.3 is 0 Å². The summed E-state index contributed by atoms with van der Waals surface area (Å²) in [5, 5.41) is 0. The van der Waals surface area contributed by atoms with E-state index in [0.717, 1.165) is 0 Å². The highest BCUT2D eigenvalue weighted by molar-refractivity contribution is 9.10. The largest absolute Gasteiger partial charge is 0.0620 e. The van der Waals surface area contributed by atoms with Gasteiger partial charge in [-0.3, -0.25) is 0 Å². The van der Waals surface area contributed by atoms with E-state index in [1.807, 2.05) is 0 Å². The third-order valence-electron chi connectivity index (χ3n) is 3.27. The first kappa shape index (κ1) is 10.1. The average Bonchev–Trinajstić information content (AvgIpc) is 2.47. The van der Waals surface area contributed by atoms with E-state index >= 15 is 0 Å². The molecule has 0 atom stereocenters. The molecule has 0 heterocycles. The van der Waals surface area contributed by atoms with Crippen molar-refractivity contribution in [2.24, 2.45) is 0 Å². The van der Waals surface area contributed by atoms with E-state index in [2.05, 4.69) is 58.4 Å². The van der Waals surface area contributed by atoms with Crippen molar-refractivity contribution in [1.29, 1.82) is 0 Å². The van der Waals surface area contributed by atoms with Gasteiger partial charge in [-0.2, -0.15) is 0 Å². The Morgan fingerprint density at radius 2 is 1.56 bits per heavy atom. The van der Waals surface area contributed by atoms with Gasteiger partial charge in [-0.25, -0.2) is 0 Å². The van der Waals surface area contributed by atoms with Crippen molar-refractivity contribution in [3.05, 3.63) is 58.1 Å². The molecule has 1 aliphatic rings. The van der Waals surface area contributed by atoms with Crippen LogP contribution in [0.5, 0.6) is 0 Å². The van der Waals surface area contributed by atoms with E-state index in [9.17, 15) is 0 Å². The monoisotopic (exact) mass is 272 g/mol. The summed E-state index contributed by atoms with van der Waals surface area (Å²) in [5.74, 6) is 0. The van der Waals surface area contributed by atoms with Crippen molar-refractivity contribution in [2.45, 2.75) is 19.3 Å². The van der Waals surface area contributed by atoms with Crippen molar-refractivity contribution in [1.82, 2.24) is 0 Å². The molecule has 0 saturated carbocycles. The zero-order valence-electron chi connectivity index (χ0n) is 9.04. The van der Waals surface area contributed by atoms with Crippen LogP contribution >= 0.6 is 15.9 Å². The number of fused-ring (bicyclic) bond motifs is 3. The third kappa shape index (κ3) is 1.69. The number of hydrogen-bond acceptors (Lipinski definition) is 0. The van der Waals surface area contributed by atoms with Crippen molar-refractivity contribution in [3.63, 3.8) is 0 Å². The summed E-state index contributed by atoms with van der Waals surface area (Å²) < 4.78 is 1.19. The first-order valence-electron chi connectivity index (χ1n) is 5.71. The number of hydrogen-bond donors (Lipinski definition) is 0. The smallest absolute Gasteiger partial charge is 0.0178 e. The summed E-state index contributed by atoms with van der Waals surface area (Å²) in [5.41, 5.74) is 5.79. The van der Waals surface area contributed by atoms with Crippen LogP contribution in [0.2, 0.25) is 0 Å². The van der Waals surface area contributed by atoms with Gasteiger partial charge in [0.2, 0.25) is 0 Å². The van der Waals surface area contributed by atoms with Crippen molar-refractivity contribution < 1.29 is 0 Å². The molecule has 0 saturated heterocycles. The summed E-state index contributed by atoms with van der Waals surface area (Å²) in [6, 6.07) is 15.4. The zero-order chi connectivity index (χ0) is 11.0. The minimum absolute atomic E-state index is 1.18. The van der Waals surface area contributed by atoms with E-state index < -0.39 is 0 Å². The molecule has 2 aromatic carbocycles. The van der Waals surface area contributed by atoms with E-state index in [1.54, 1.807) is 0 Å². The minimum Gasteiger partial charge on any atom is -0.0620 e. The summed E-state index contributed by atoms with van der Waals surface area (Å²) in [6.45, 7) is 0. The molecule has 2 aromatic rings. The van der Waals surface area contributed by atoms with Gasteiger partial charge in [-0.05, 0) is 53.6 Å². The minimum atomic E-state index is 1.18. The highest BCUT2D eigenvalue weighted by atomic mass is 79.9. The normalized spacial score (nSPS) is 13.8. The molecule has 0 aliphatic heterocycles. The van der Waals surface area contributed by atoms with E-state index in [-0.39, 0.29) is 0 Å². The van der Waals surface area contributed by atoms with Crippen LogP contribution in [-0.4, -0.2) is 0 Å². The van der Waals surface area contributed by atoms with Crippen LogP contribution in [-0.2, 0) is 12.8 Å². The van der Waals surface area contributed by atoms with Gasteiger partial charge in [-0.15, -0.1) is 0 Å². The van der Waals surface area contributed by atoms with Gasteiger partial charge >= 0.3 is 0 Å². The molecule has 0 nitrogen and oxygen atoms in total. The third-order valence-corrected chi connectivity index (χ3v) is 3.76. The molecule has 80 valence electrons. The summed E-state index contributed by atoms with van der Waals surface area (Å²) in [6.07, 6.45) is 3.63. The lowest BCUT2D eigenvalue weighted by atomic mass is 9.97. The quantitative estimate of drug-likeness (QED) is 0.657. The predicted octanol–water partition coefficient (Wildman–Crippen LogP) is 4.60. The molecule has 1 heteroatoms. The fourth-order valence-electron chi connectivity index (χ4n) is 2.50. The number of aryl methyl sites for hydroxylation is 2. The van der Waals surface area contributed by atoms with Gasteiger partial charge in [-0.1, -0.05) is 46.3 Å². The van der Waals surface area contributed by atoms with Crippen LogP contribution in [0.25, 0.3) is 11.1 Å². The highest BCUT2D eigenvalue weighted by Crippen LogP contribution is 2.33. The molecule has 0 aromatic heterocycles. The van der Waals surface area contributed by atoms with Crippen LogP contribution in [0.1, 0.15) is 17.5 Å². The Morgan fingerprint density at radius 1 is 0.812 bits per heavy atom. The Hall–Kier alpha value is -1.08. The Bertz CT molecular complexity index is 529. The van der Waals surface area contributed by atoms with Gasteiger partial charge in [0.25, 0.3) is 0 Å². The fourth-order valence-corrected chi connectivity index (χ4v) is 2.91. The lowest BCUT2D eigenvalue weighted by Gasteiger charge is -2.09. The van der Waals surface area contributed by atoms with E-state index in [4.69, 9.17) is 0 Å². The molecule has 1 aliphatic carbocycles. The van der Waals surface area contributed by atoms with Gasteiger partial charge in [0.1, 0.15) is 0 Å². The van der Waals surface area contributed by atoms with Gasteiger partial charge in [0, 0.05) is 4.47 Å². The molecule has 0 N–H and O–H groups in total. The summed E-state index contributed by atoms with van der Waals surface area (Å²) in [4.78, 5) is 0. The summed E-state index contributed by atoms with van der Waals surface area (Å²) in [7, 11) is 0. The number of halogens is 1. The Morgan fingerprint density at radius 3 is 2.50 bits per heavy atom. The fraction of sp³-hybridized carbons (Fsp3) is 0.200. The lowest BCUT2D eigenvalue weighted by molar-refractivity contribution is 0.834. The van der Waals surface area contributed by atoms with Crippen molar-refractivity contribution in [2.75, 3.05) is 0 Å². The van der Waals surface area contributed by atoms with Gasteiger partial charge in [0.05, 0.1) is 0 Å². The first-order chi connectivity index (χ1) is 7.84. The SMILES string of the molecule is Brc1ccc2c(c1)CCCc1ccccc1-2. The Balaban J connectivity index is 2.25. The number of benzene rings is 2. The van der Waals surface area contributed by atoms with Crippen LogP contribution < -0.4 is 0 Å². The standard InChI is InChI=1S/C15H13Br/c16-13-8-9-15-12(10-13)6-3-5-11-4-1-2-7-14(11)15/h1-2,4,7-10H,3,5-6H2. The van der Waals surface area contributed by atoms with E-state index in [0.29, 0.717) is 0 Å². The lowest BCUT2D eigenvalue weighted by Crippen LogP contribution is -1.87. The maximum Gasteiger partial charge on any atom is 0.0178 e. The van der Waals surface area contributed by atoms with Crippen molar-refractivity contribution in [3.8, 4) is 11.1 Å². The molecule has 0 amide bonds. The van der Waals surface area contributed by atoms with Crippen LogP contribution in [0.15, 0.2) is 46.9 Å². The van der Waals surface area contributed by atoms with Crippen LogP contribution in [0, 0.1) is 0 Å². The van der Waals surface area contributed by atoms with E-state index in [1.165, 1.54) is 46.0 Å². The molecule has 0 spiro atoms. The number of rotatable bonds is 0. The average molecular weight is 273 g/mol. The molecule has 0 fully saturated rings. The first-order valence-corrected chi connectivity index (χ1v) is 6.50. The van der Waals surface area contributed by atoms with Crippen molar-refractivity contribution >= 4 is 15.9 Å². The Kier molecular flexibility index (Phi) is 2.56. The Labute approximate surface area is 104 Å². The molecule has 16 heavy (non-hydrogen) atoms. The summed E-state index contributed by atoms with van der Waals surface area (Å²) >= 11 is 3.56. The molecule has 0 radical (unpaired) electrons. The molecular formula is C15H13Br. The molecule has 0 unspecified atom stereocenters. The predicted molar refractivity (Wildman–Crippen MR) is 71.6 cm³/mol. The van der Waals surface area contributed by atoms with Crippen LogP contribution in [0.4, 0.5) is 0 Å². The van der Waals surface area contributed by atoms with Crippen LogP contribution in [0.3, 0.4) is 0 Å². The molecule has 0 bridgehead atoms. The molecular weight excluding hydrogens is 260 g/mol. The maximum atomic E-state index is 3.56.